The summed E-state index contributed by atoms with van der Waals surface area (Å²) in [7, 11) is 0. The van der Waals surface area contributed by atoms with Crippen LogP contribution in [0.25, 0.3) is 0 Å². The second-order valence-electron chi connectivity index (χ2n) is 3.95. The molecule has 1 amide bonds. The molecule has 1 aromatic heterocycles. The van der Waals surface area contributed by atoms with Crippen molar-refractivity contribution in [1.82, 2.24) is 4.98 Å². The van der Waals surface area contributed by atoms with E-state index in [1.165, 1.54) is 6.20 Å². The number of hydrogen-bond acceptors (Lipinski definition) is 3. The third-order valence-corrected chi connectivity index (χ3v) is 3.49. The second-order valence-corrected chi connectivity index (χ2v) is 5.28. The molecule has 0 fully saturated rings. The molecule has 0 aliphatic carbocycles. The summed E-state index contributed by atoms with van der Waals surface area (Å²) in [5, 5.41) is 3.37. The average Bonchev–Trinajstić information content (AvgIpc) is 2.38. The highest BCUT2D eigenvalue weighted by molar-refractivity contribution is 9.10. The SMILES string of the molecule is Cc1c(Cl)cccc1NC(=O)c1cc(Br)cnc1N. The fourth-order valence-electron chi connectivity index (χ4n) is 1.56. The van der Waals surface area contributed by atoms with E-state index in [2.05, 4.69) is 26.2 Å². The molecule has 3 N–H and O–H groups in total. The number of anilines is 2. The van der Waals surface area contributed by atoms with Gasteiger partial charge in [-0.05, 0) is 46.6 Å². The minimum atomic E-state index is -0.323. The summed E-state index contributed by atoms with van der Waals surface area (Å²) >= 11 is 9.26. The molecule has 0 radical (unpaired) electrons. The van der Waals surface area contributed by atoms with Gasteiger partial charge in [0, 0.05) is 21.4 Å². The van der Waals surface area contributed by atoms with E-state index in [1.54, 1.807) is 24.3 Å². The number of aromatic nitrogens is 1. The Morgan fingerprint density at radius 3 is 2.95 bits per heavy atom. The van der Waals surface area contributed by atoms with Crippen molar-refractivity contribution >= 4 is 44.9 Å². The Bertz CT molecular complexity index is 646. The first kappa shape index (κ1) is 13.8. The molecule has 98 valence electrons. The van der Waals surface area contributed by atoms with Crippen molar-refractivity contribution in [1.29, 1.82) is 0 Å². The Labute approximate surface area is 124 Å². The predicted molar refractivity (Wildman–Crippen MR) is 80.5 cm³/mol. The molecule has 0 saturated carbocycles. The van der Waals surface area contributed by atoms with Crippen LogP contribution in [0.15, 0.2) is 34.9 Å². The summed E-state index contributed by atoms with van der Waals surface area (Å²) in [5.74, 6) is -0.142. The first-order valence-corrected chi connectivity index (χ1v) is 6.63. The van der Waals surface area contributed by atoms with Gasteiger partial charge in [0.15, 0.2) is 0 Å². The van der Waals surface area contributed by atoms with E-state index >= 15 is 0 Å². The van der Waals surface area contributed by atoms with Gasteiger partial charge in [-0.2, -0.15) is 0 Å². The number of nitrogens with two attached hydrogens (primary N) is 1. The van der Waals surface area contributed by atoms with E-state index in [0.29, 0.717) is 20.7 Å². The van der Waals surface area contributed by atoms with Gasteiger partial charge < -0.3 is 11.1 Å². The lowest BCUT2D eigenvalue weighted by Crippen LogP contribution is -2.15. The minimum Gasteiger partial charge on any atom is -0.383 e. The predicted octanol–water partition coefficient (Wildman–Crippen LogP) is 3.64. The molecule has 0 bridgehead atoms. The fraction of sp³-hybridized carbons (Fsp3) is 0.0769. The molecule has 6 heteroatoms. The minimum absolute atomic E-state index is 0.181. The van der Waals surface area contributed by atoms with Crippen LogP contribution in [-0.4, -0.2) is 10.9 Å². The van der Waals surface area contributed by atoms with Crippen LogP contribution in [0, 0.1) is 6.92 Å². The van der Waals surface area contributed by atoms with Crippen LogP contribution in [0.1, 0.15) is 15.9 Å². The number of hydrogen-bond donors (Lipinski definition) is 2. The van der Waals surface area contributed by atoms with Crippen molar-refractivity contribution in [3.05, 3.63) is 51.1 Å². The first-order valence-electron chi connectivity index (χ1n) is 5.46. The number of carbonyl (C=O) groups is 1. The van der Waals surface area contributed by atoms with Gasteiger partial charge in [0.1, 0.15) is 5.82 Å². The van der Waals surface area contributed by atoms with Crippen molar-refractivity contribution in [2.75, 3.05) is 11.1 Å². The van der Waals surface area contributed by atoms with Crippen LogP contribution in [0.3, 0.4) is 0 Å². The molecule has 4 nitrogen and oxygen atoms in total. The van der Waals surface area contributed by atoms with Crippen LogP contribution in [0.2, 0.25) is 5.02 Å². The molecule has 0 aliphatic rings. The third-order valence-electron chi connectivity index (χ3n) is 2.65. The number of amides is 1. The van der Waals surface area contributed by atoms with Gasteiger partial charge in [0.05, 0.1) is 5.56 Å². The summed E-state index contributed by atoms with van der Waals surface area (Å²) in [6.07, 6.45) is 1.54. The summed E-state index contributed by atoms with van der Waals surface area (Å²) in [6.45, 7) is 1.83. The van der Waals surface area contributed by atoms with Crippen LogP contribution >= 0.6 is 27.5 Å². The lowest BCUT2D eigenvalue weighted by molar-refractivity contribution is 0.102. The first-order chi connectivity index (χ1) is 8.99. The van der Waals surface area contributed by atoms with Crippen LogP contribution in [-0.2, 0) is 0 Å². The smallest absolute Gasteiger partial charge is 0.259 e. The Kier molecular flexibility index (Phi) is 4.07. The Morgan fingerprint density at radius 2 is 2.21 bits per heavy atom. The number of nitrogen functional groups attached to an aromatic ring is 1. The molecule has 1 aromatic carbocycles. The Hall–Kier alpha value is -1.59. The van der Waals surface area contributed by atoms with Crippen molar-refractivity contribution < 1.29 is 4.79 Å². The van der Waals surface area contributed by atoms with E-state index in [-0.39, 0.29) is 11.7 Å². The number of nitrogens with one attached hydrogen (secondary N) is 1. The highest BCUT2D eigenvalue weighted by atomic mass is 79.9. The zero-order valence-corrected chi connectivity index (χ0v) is 12.4. The summed E-state index contributed by atoms with van der Waals surface area (Å²) < 4.78 is 0.690. The van der Waals surface area contributed by atoms with E-state index < -0.39 is 0 Å². The van der Waals surface area contributed by atoms with Crippen LogP contribution in [0.4, 0.5) is 11.5 Å². The molecule has 0 saturated heterocycles. The van der Waals surface area contributed by atoms with Crippen molar-refractivity contribution in [2.45, 2.75) is 6.92 Å². The van der Waals surface area contributed by atoms with Gasteiger partial charge >= 0.3 is 0 Å². The van der Waals surface area contributed by atoms with Gasteiger partial charge in [-0.15, -0.1) is 0 Å². The molecule has 2 aromatic rings. The number of halogens is 2. The van der Waals surface area contributed by atoms with E-state index in [0.717, 1.165) is 5.56 Å². The van der Waals surface area contributed by atoms with E-state index in [1.807, 2.05) is 6.92 Å². The number of pyridine rings is 1. The molecule has 2 rings (SSSR count). The van der Waals surface area contributed by atoms with Crippen molar-refractivity contribution in [3.63, 3.8) is 0 Å². The number of carbonyl (C=O) groups excluding carboxylic acids is 1. The molecule has 0 aliphatic heterocycles. The zero-order valence-electron chi connectivity index (χ0n) is 10.1. The van der Waals surface area contributed by atoms with E-state index in [4.69, 9.17) is 17.3 Å². The van der Waals surface area contributed by atoms with Crippen LogP contribution < -0.4 is 11.1 Å². The maximum absolute atomic E-state index is 12.2. The Balaban J connectivity index is 2.31. The van der Waals surface area contributed by atoms with Gasteiger partial charge in [-0.25, -0.2) is 4.98 Å². The standard InChI is InChI=1S/C13H11BrClN3O/c1-7-10(15)3-2-4-11(7)18-13(19)9-5-8(14)6-17-12(9)16/h2-6H,1H3,(H2,16,17)(H,18,19). The van der Waals surface area contributed by atoms with Gasteiger partial charge in [0.2, 0.25) is 0 Å². The van der Waals surface area contributed by atoms with Gasteiger partial charge in [0.25, 0.3) is 5.91 Å². The van der Waals surface area contributed by atoms with E-state index in [9.17, 15) is 4.79 Å². The summed E-state index contributed by atoms with van der Waals surface area (Å²) in [4.78, 5) is 16.1. The molecule has 0 unspecified atom stereocenters. The van der Waals surface area contributed by atoms with Crippen molar-refractivity contribution in [3.8, 4) is 0 Å². The summed E-state index contributed by atoms with van der Waals surface area (Å²) in [6, 6.07) is 6.94. The zero-order chi connectivity index (χ0) is 14.0. The number of nitrogens with zero attached hydrogens (tertiary/aromatic N) is 1. The van der Waals surface area contributed by atoms with Crippen molar-refractivity contribution in [2.24, 2.45) is 0 Å². The molecule has 19 heavy (non-hydrogen) atoms. The topological polar surface area (TPSA) is 68.0 Å². The third kappa shape index (κ3) is 3.05. The maximum atomic E-state index is 12.2. The molecular weight excluding hydrogens is 330 g/mol. The lowest BCUT2D eigenvalue weighted by atomic mass is 10.2. The highest BCUT2D eigenvalue weighted by Crippen LogP contribution is 2.24. The largest absolute Gasteiger partial charge is 0.383 e. The Morgan fingerprint density at radius 1 is 1.47 bits per heavy atom. The quantitative estimate of drug-likeness (QED) is 0.877. The fourth-order valence-corrected chi connectivity index (χ4v) is 2.07. The molecule has 0 atom stereocenters. The highest BCUT2D eigenvalue weighted by Gasteiger charge is 2.13. The summed E-state index contributed by atoms with van der Waals surface area (Å²) in [5.41, 5.74) is 7.46. The van der Waals surface area contributed by atoms with Crippen LogP contribution in [0.5, 0.6) is 0 Å². The van der Waals surface area contributed by atoms with Gasteiger partial charge in [-0.3, -0.25) is 4.79 Å². The molecular formula is C13H11BrClN3O. The van der Waals surface area contributed by atoms with Gasteiger partial charge in [-0.1, -0.05) is 17.7 Å². The molecule has 0 spiro atoms. The second kappa shape index (κ2) is 5.59. The maximum Gasteiger partial charge on any atom is 0.259 e. The molecule has 1 heterocycles. The average molecular weight is 341 g/mol. The lowest BCUT2D eigenvalue weighted by Gasteiger charge is -2.10. The normalized spacial score (nSPS) is 10.3. The number of benzene rings is 1. The monoisotopic (exact) mass is 339 g/mol. The number of rotatable bonds is 2.